The molecule has 0 aliphatic carbocycles. The zero-order valence-corrected chi connectivity index (χ0v) is 10.2. The molecule has 0 saturated heterocycles. The van der Waals surface area contributed by atoms with E-state index in [-0.39, 0.29) is 11.5 Å². The third-order valence-corrected chi connectivity index (χ3v) is 2.74. The molecule has 1 heterocycles. The van der Waals surface area contributed by atoms with Gasteiger partial charge in [0.05, 0.1) is 5.56 Å². The summed E-state index contributed by atoms with van der Waals surface area (Å²) >= 11 is 3.28. The molecule has 2 aromatic rings. The van der Waals surface area contributed by atoms with Crippen LogP contribution in [-0.2, 0) is 0 Å². The zero-order chi connectivity index (χ0) is 12.4. The fraction of sp³-hybridized carbons (Fsp3) is 0. The summed E-state index contributed by atoms with van der Waals surface area (Å²) in [7, 11) is 0. The lowest BCUT2D eigenvalue weighted by atomic mass is 10.2. The Balaban J connectivity index is 2.34. The number of hydrogen-bond donors (Lipinski definition) is 1. The minimum absolute atomic E-state index is 0.0911. The van der Waals surface area contributed by atoms with Crippen LogP contribution in [0.3, 0.4) is 0 Å². The summed E-state index contributed by atoms with van der Waals surface area (Å²) in [5.41, 5.74) is 0.584. The molecule has 2 rings (SSSR count). The molecule has 1 aromatic carbocycles. The minimum atomic E-state index is -1.05. The minimum Gasteiger partial charge on any atom is -0.478 e. The molecule has 0 unspecified atom stereocenters. The molecule has 1 N–H and O–H groups in total. The van der Waals surface area contributed by atoms with Crippen molar-refractivity contribution >= 4 is 27.8 Å². The van der Waals surface area contributed by atoms with Gasteiger partial charge in [0.25, 0.3) is 5.91 Å². The number of carboxylic acids is 1. The van der Waals surface area contributed by atoms with Crippen molar-refractivity contribution in [2.45, 2.75) is 0 Å². The van der Waals surface area contributed by atoms with Crippen molar-refractivity contribution in [1.82, 2.24) is 4.57 Å². The van der Waals surface area contributed by atoms with Gasteiger partial charge in [0.2, 0.25) is 0 Å². The molecule has 86 valence electrons. The van der Waals surface area contributed by atoms with E-state index in [2.05, 4.69) is 15.9 Å². The number of aromatic nitrogens is 1. The normalized spacial score (nSPS) is 10.2. The van der Waals surface area contributed by atoms with Crippen LogP contribution in [0.15, 0.2) is 47.2 Å². The highest BCUT2D eigenvalue weighted by atomic mass is 79.9. The van der Waals surface area contributed by atoms with Crippen LogP contribution in [0.2, 0.25) is 0 Å². The van der Waals surface area contributed by atoms with E-state index in [1.165, 1.54) is 23.0 Å². The maximum atomic E-state index is 12.0. The number of halogens is 1. The summed E-state index contributed by atoms with van der Waals surface area (Å²) in [6, 6.07) is 8.31. The van der Waals surface area contributed by atoms with Crippen LogP contribution in [0.5, 0.6) is 0 Å². The summed E-state index contributed by atoms with van der Waals surface area (Å²) in [6.07, 6.45) is 2.73. The van der Waals surface area contributed by atoms with Gasteiger partial charge < -0.3 is 5.11 Å². The predicted molar refractivity (Wildman–Crippen MR) is 65.3 cm³/mol. The van der Waals surface area contributed by atoms with Crippen LogP contribution in [-0.4, -0.2) is 21.6 Å². The summed E-state index contributed by atoms with van der Waals surface area (Å²) in [5, 5.41) is 8.76. The molecule has 0 aliphatic heterocycles. The van der Waals surface area contributed by atoms with E-state index in [9.17, 15) is 9.59 Å². The Morgan fingerprint density at radius 2 is 1.94 bits per heavy atom. The lowest BCUT2D eigenvalue weighted by molar-refractivity contribution is 0.0697. The Morgan fingerprint density at radius 3 is 2.53 bits per heavy atom. The summed E-state index contributed by atoms with van der Waals surface area (Å²) in [6.45, 7) is 0. The Labute approximate surface area is 106 Å². The molecule has 0 amide bonds. The molecule has 4 nitrogen and oxygen atoms in total. The number of nitrogens with zero attached hydrogens (tertiary/aromatic N) is 1. The van der Waals surface area contributed by atoms with E-state index in [0.717, 1.165) is 4.47 Å². The smallest absolute Gasteiger partial charge is 0.337 e. The van der Waals surface area contributed by atoms with E-state index in [0.29, 0.717) is 5.56 Å². The first kappa shape index (κ1) is 11.6. The van der Waals surface area contributed by atoms with Gasteiger partial charge in [-0.1, -0.05) is 22.0 Å². The molecule has 0 spiro atoms. The molecule has 0 bridgehead atoms. The van der Waals surface area contributed by atoms with Gasteiger partial charge in [0.1, 0.15) is 0 Å². The second-order valence-corrected chi connectivity index (χ2v) is 4.34. The number of hydrogen-bond acceptors (Lipinski definition) is 2. The molecular weight excluding hydrogens is 286 g/mol. The molecule has 0 fully saturated rings. The SMILES string of the molecule is O=C(O)c1ccn(C(=O)c2cccc(Br)c2)c1. The number of carboxylic acid groups (broad SMARTS) is 1. The molecule has 1 aromatic heterocycles. The van der Waals surface area contributed by atoms with E-state index >= 15 is 0 Å². The average Bonchev–Trinajstić information content (AvgIpc) is 2.77. The maximum Gasteiger partial charge on any atom is 0.337 e. The largest absolute Gasteiger partial charge is 0.478 e. The molecule has 17 heavy (non-hydrogen) atoms. The number of carbonyl (C=O) groups is 2. The van der Waals surface area contributed by atoms with Crippen molar-refractivity contribution in [3.8, 4) is 0 Å². The fourth-order valence-corrected chi connectivity index (χ4v) is 1.82. The summed E-state index contributed by atoms with van der Waals surface area (Å²) in [4.78, 5) is 22.7. The van der Waals surface area contributed by atoms with Crippen molar-refractivity contribution in [3.63, 3.8) is 0 Å². The predicted octanol–water partition coefficient (Wildman–Crippen LogP) is 2.64. The molecule has 5 heteroatoms. The Hall–Kier alpha value is -1.88. The first-order valence-electron chi connectivity index (χ1n) is 4.79. The van der Waals surface area contributed by atoms with Crippen LogP contribution in [0.25, 0.3) is 0 Å². The Morgan fingerprint density at radius 1 is 1.18 bits per heavy atom. The summed E-state index contributed by atoms with van der Waals surface area (Å²) < 4.78 is 2.06. The second kappa shape index (κ2) is 4.55. The lowest BCUT2D eigenvalue weighted by Crippen LogP contribution is -2.09. The number of rotatable bonds is 2. The van der Waals surface area contributed by atoms with E-state index in [1.54, 1.807) is 18.2 Å². The average molecular weight is 294 g/mol. The van der Waals surface area contributed by atoms with Crippen LogP contribution < -0.4 is 0 Å². The van der Waals surface area contributed by atoms with Crippen LogP contribution in [0.1, 0.15) is 20.7 Å². The van der Waals surface area contributed by atoms with Gasteiger partial charge in [-0.15, -0.1) is 0 Å². The van der Waals surface area contributed by atoms with Gasteiger partial charge in [-0.2, -0.15) is 0 Å². The highest BCUT2D eigenvalue weighted by Crippen LogP contribution is 2.13. The third kappa shape index (κ3) is 2.45. The van der Waals surface area contributed by atoms with E-state index in [1.807, 2.05) is 6.07 Å². The number of carbonyl (C=O) groups excluding carboxylic acids is 1. The molecular formula is C12H8BrNO3. The topological polar surface area (TPSA) is 59.3 Å². The first-order valence-corrected chi connectivity index (χ1v) is 5.59. The van der Waals surface area contributed by atoms with E-state index in [4.69, 9.17) is 5.11 Å². The second-order valence-electron chi connectivity index (χ2n) is 3.43. The highest BCUT2D eigenvalue weighted by Gasteiger charge is 2.11. The molecule has 0 radical (unpaired) electrons. The Bertz CT molecular complexity index is 589. The van der Waals surface area contributed by atoms with Crippen molar-refractivity contribution < 1.29 is 14.7 Å². The van der Waals surface area contributed by atoms with Crippen molar-refractivity contribution in [1.29, 1.82) is 0 Å². The van der Waals surface area contributed by atoms with Crippen LogP contribution >= 0.6 is 15.9 Å². The van der Waals surface area contributed by atoms with Crippen molar-refractivity contribution in [3.05, 3.63) is 58.3 Å². The molecule has 0 aliphatic rings. The van der Waals surface area contributed by atoms with Gasteiger partial charge in [-0.25, -0.2) is 4.79 Å². The van der Waals surface area contributed by atoms with E-state index < -0.39 is 5.97 Å². The Kier molecular flexibility index (Phi) is 3.10. The van der Waals surface area contributed by atoms with Gasteiger partial charge in [-0.3, -0.25) is 9.36 Å². The van der Waals surface area contributed by atoms with Crippen molar-refractivity contribution in [2.24, 2.45) is 0 Å². The molecule has 0 atom stereocenters. The first-order chi connectivity index (χ1) is 8.08. The van der Waals surface area contributed by atoms with Crippen LogP contribution in [0, 0.1) is 0 Å². The zero-order valence-electron chi connectivity index (χ0n) is 8.63. The van der Waals surface area contributed by atoms with Crippen LogP contribution in [0.4, 0.5) is 0 Å². The van der Waals surface area contributed by atoms with Gasteiger partial charge in [-0.05, 0) is 24.3 Å². The van der Waals surface area contributed by atoms with Crippen molar-refractivity contribution in [2.75, 3.05) is 0 Å². The maximum absolute atomic E-state index is 12.0. The molecule has 0 saturated carbocycles. The third-order valence-electron chi connectivity index (χ3n) is 2.25. The highest BCUT2D eigenvalue weighted by molar-refractivity contribution is 9.10. The quantitative estimate of drug-likeness (QED) is 0.926. The monoisotopic (exact) mass is 293 g/mol. The van der Waals surface area contributed by atoms with Gasteiger partial charge in [0.15, 0.2) is 0 Å². The fourth-order valence-electron chi connectivity index (χ4n) is 1.42. The lowest BCUT2D eigenvalue weighted by Gasteiger charge is -2.01. The number of benzene rings is 1. The summed E-state index contributed by atoms with van der Waals surface area (Å²) in [5.74, 6) is -1.32. The standard InChI is InChI=1S/C12H8BrNO3/c13-10-3-1-2-8(6-10)11(15)14-5-4-9(7-14)12(16)17/h1-7H,(H,16,17). The van der Waals surface area contributed by atoms with Gasteiger partial charge >= 0.3 is 5.97 Å². The number of aromatic carboxylic acids is 1. The van der Waals surface area contributed by atoms with Gasteiger partial charge in [0, 0.05) is 22.4 Å².